The third kappa shape index (κ3) is 5.96. The smallest absolute Gasteiger partial charge is 0.326 e. The van der Waals surface area contributed by atoms with Crippen molar-refractivity contribution in [3.63, 3.8) is 0 Å². The standard InChI is InChI=1S/C19H25N3O3/c1-5-14-6-8-15(9-7-14)13(4)22-18(23)16(10-20)11-21-17(12(2)3)19(24)25/h6-9,11-13,17,21H,5H2,1-4H3,(H,22,23)(H,24,25)/b16-11-. The average Bonchev–Trinajstić information content (AvgIpc) is 2.57. The molecule has 2 atom stereocenters. The third-order valence-corrected chi connectivity index (χ3v) is 3.94. The Kier molecular flexibility index (Phi) is 7.67. The fourth-order valence-electron chi connectivity index (χ4n) is 2.27. The van der Waals surface area contributed by atoms with E-state index in [9.17, 15) is 14.9 Å². The molecule has 0 heterocycles. The van der Waals surface area contributed by atoms with E-state index in [2.05, 4.69) is 17.6 Å². The van der Waals surface area contributed by atoms with Gasteiger partial charge in [-0.25, -0.2) is 4.79 Å². The Bertz CT molecular complexity index is 672. The molecule has 25 heavy (non-hydrogen) atoms. The van der Waals surface area contributed by atoms with Gasteiger partial charge >= 0.3 is 5.97 Å². The second-order valence-corrected chi connectivity index (χ2v) is 6.19. The molecule has 1 aromatic carbocycles. The Morgan fingerprint density at radius 3 is 2.28 bits per heavy atom. The van der Waals surface area contributed by atoms with Crippen molar-refractivity contribution < 1.29 is 14.7 Å². The first-order chi connectivity index (χ1) is 11.8. The lowest BCUT2D eigenvalue weighted by Crippen LogP contribution is -2.38. The molecule has 0 aliphatic carbocycles. The number of carboxylic acids is 1. The van der Waals surface area contributed by atoms with Crippen LogP contribution in [-0.2, 0) is 16.0 Å². The maximum atomic E-state index is 12.2. The molecule has 0 aliphatic heterocycles. The molecule has 2 unspecified atom stereocenters. The minimum absolute atomic E-state index is 0.163. The molecule has 1 aromatic rings. The number of nitriles is 1. The number of nitrogens with zero attached hydrogens (tertiary/aromatic N) is 1. The molecule has 134 valence electrons. The van der Waals surface area contributed by atoms with Crippen LogP contribution >= 0.6 is 0 Å². The van der Waals surface area contributed by atoms with Crippen LogP contribution in [0.25, 0.3) is 0 Å². The lowest BCUT2D eigenvalue weighted by Gasteiger charge is -2.17. The van der Waals surface area contributed by atoms with Gasteiger partial charge in [-0.05, 0) is 30.4 Å². The van der Waals surface area contributed by atoms with Crippen molar-refractivity contribution in [2.45, 2.75) is 46.2 Å². The Balaban J connectivity index is 2.79. The summed E-state index contributed by atoms with van der Waals surface area (Å²) in [7, 11) is 0. The molecule has 0 radical (unpaired) electrons. The van der Waals surface area contributed by atoms with Crippen LogP contribution in [0.4, 0.5) is 0 Å². The lowest BCUT2D eigenvalue weighted by atomic mass is 10.0. The Hall–Kier alpha value is -2.81. The van der Waals surface area contributed by atoms with E-state index in [1.807, 2.05) is 31.2 Å². The van der Waals surface area contributed by atoms with E-state index >= 15 is 0 Å². The van der Waals surface area contributed by atoms with Crippen molar-refractivity contribution in [1.29, 1.82) is 5.26 Å². The first-order valence-electron chi connectivity index (χ1n) is 8.28. The minimum Gasteiger partial charge on any atom is -0.480 e. The van der Waals surface area contributed by atoms with Crippen molar-refractivity contribution in [3.8, 4) is 6.07 Å². The number of benzene rings is 1. The molecule has 0 bridgehead atoms. The number of nitrogens with one attached hydrogen (secondary N) is 2. The monoisotopic (exact) mass is 343 g/mol. The van der Waals surface area contributed by atoms with E-state index in [-0.39, 0.29) is 17.5 Å². The molecule has 6 heteroatoms. The SMILES string of the molecule is CCc1ccc(C(C)NC(=O)/C(C#N)=C\NC(C(=O)O)C(C)C)cc1. The number of hydrogen-bond donors (Lipinski definition) is 3. The van der Waals surface area contributed by atoms with E-state index in [1.165, 1.54) is 11.8 Å². The van der Waals surface area contributed by atoms with Crippen LogP contribution < -0.4 is 10.6 Å². The van der Waals surface area contributed by atoms with Crippen LogP contribution in [0, 0.1) is 17.2 Å². The number of aliphatic carboxylic acids is 1. The van der Waals surface area contributed by atoms with Crippen LogP contribution in [0.15, 0.2) is 36.0 Å². The normalized spacial score (nSPS) is 13.7. The Morgan fingerprint density at radius 2 is 1.84 bits per heavy atom. The number of carbonyl (C=O) groups excluding carboxylic acids is 1. The van der Waals surface area contributed by atoms with Crippen LogP contribution in [0.1, 0.15) is 44.9 Å². The van der Waals surface area contributed by atoms with E-state index in [0.717, 1.165) is 12.0 Å². The van der Waals surface area contributed by atoms with Gasteiger partial charge in [0.25, 0.3) is 5.91 Å². The van der Waals surface area contributed by atoms with Crippen molar-refractivity contribution in [3.05, 3.63) is 47.2 Å². The summed E-state index contributed by atoms with van der Waals surface area (Å²) in [4.78, 5) is 23.4. The zero-order chi connectivity index (χ0) is 19.0. The molecular weight excluding hydrogens is 318 g/mol. The van der Waals surface area contributed by atoms with Gasteiger partial charge in [0.1, 0.15) is 17.7 Å². The summed E-state index contributed by atoms with van der Waals surface area (Å²) in [5.74, 6) is -1.77. The highest BCUT2D eigenvalue weighted by Crippen LogP contribution is 2.14. The van der Waals surface area contributed by atoms with Crippen LogP contribution in [-0.4, -0.2) is 23.0 Å². The number of carboxylic acid groups (broad SMARTS) is 1. The number of amides is 1. The molecular formula is C19H25N3O3. The molecule has 0 spiro atoms. The molecule has 1 amide bonds. The highest BCUT2D eigenvalue weighted by molar-refractivity contribution is 5.97. The molecule has 0 fully saturated rings. The quantitative estimate of drug-likeness (QED) is 0.497. The van der Waals surface area contributed by atoms with Gasteiger partial charge in [0.15, 0.2) is 0 Å². The summed E-state index contributed by atoms with van der Waals surface area (Å²) in [6.07, 6.45) is 2.11. The van der Waals surface area contributed by atoms with Gasteiger partial charge in [-0.2, -0.15) is 5.26 Å². The molecule has 0 saturated carbocycles. The van der Waals surface area contributed by atoms with Gasteiger partial charge < -0.3 is 15.7 Å². The summed E-state index contributed by atoms with van der Waals surface area (Å²) in [5, 5.41) is 23.7. The molecule has 1 rings (SSSR count). The van der Waals surface area contributed by atoms with Crippen molar-refractivity contribution >= 4 is 11.9 Å². The predicted octanol–water partition coefficient (Wildman–Crippen LogP) is 2.53. The summed E-state index contributed by atoms with van der Waals surface area (Å²) in [6, 6.07) is 8.55. The molecule has 0 saturated heterocycles. The van der Waals surface area contributed by atoms with Gasteiger partial charge in [-0.15, -0.1) is 0 Å². The number of carbonyl (C=O) groups is 2. The fraction of sp³-hybridized carbons (Fsp3) is 0.421. The summed E-state index contributed by atoms with van der Waals surface area (Å²) in [5.41, 5.74) is 1.97. The van der Waals surface area contributed by atoms with Crippen molar-refractivity contribution in [2.75, 3.05) is 0 Å². The summed E-state index contributed by atoms with van der Waals surface area (Å²) >= 11 is 0. The molecule has 0 aromatic heterocycles. The Labute approximate surface area is 148 Å². The number of aryl methyl sites for hydroxylation is 1. The van der Waals surface area contributed by atoms with Gasteiger partial charge in [0.05, 0.1) is 6.04 Å². The molecule has 3 N–H and O–H groups in total. The zero-order valence-corrected chi connectivity index (χ0v) is 15.0. The topological polar surface area (TPSA) is 102 Å². The predicted molar refractivity (Wildman–Crippen MR) is 95.5 cm³/mol. The maximum absolute atomic E-state index is 12.2. The molecule has 0 aliphatic rings. The third-order valence-electron chi connectivity index (χ3n) is 3.94. The van der Waals surface area contributed by atoms with Gasteiger partial charge in [-0.3, -0.25) is 4.79 Å². The zero-order valence-electron chi connectivity index (χ0n) is 15.0. The van der Waals surface area contributed by atoms with Gasteiger partial charge in [0.2, 0.25) is 0 Å². The van der Waals surface area contributed by atoms with Crippen LogP contribution in [0.5, 0.6) is 0 Å². The van der Waals surface area contributed by atoms with E-state index in [4.69, 9.17) is 5.11 Å². The second-order valence-electron chi connectivity index (χ2n) is 6.19. The van der Waals surface area contributed by atoms with Crippen molar-refractivity contribution in [1.82, 2.24) is 10.6 Å². The van der Waals surface area contributed by atoms with Crippen LogP contribution in [0.2, 0.25) is 0 Å². The first kappa shape index (κ1) is 20.2. The largest absolute Gasteiger partial charge is 0.480 e. The molecule has 6 nitrogen and oxygen atoms in total. The summed E-state index contributed by atoms with van der Waals surface area (Å²) in [6.45, 7) is 7.38. The van der Waals surface area contributed by atoms with E-state index < -0.39 is 17.9 Å². The first-order valence-corrected chi connectivity index (χ1v) is 8.28. The summed E-state index contributed by atoms with van der Waals surface area (Å²) < 4.78 is 0. The minimum atomic E-state index is -1.03. The van der Waals surface area contributed by atoms with E-state index in [1.54, 1.807) is 19.9 Å². The highest BCUT2D eigenvalue weighted by Gasteiger charge is 2.21. The highest BCUT2D eigenvalue weighted by atomic mass is 16.4. The Morgan fingerprint density at radius 1 is 1.24 bits per heavy atom. The van der Waals surface area contributed by atoms with Gasteiger partial charge in [-0.1, -0.05) is 45.0 Å². The lowest BCUT2D eigenvalue weighted by molar-refractivity contribution is -0.140. The fourth-order valence-corrected chi connectivity index (χ4v) is 2.27. The van der Waals surface area contributed by atoms with Crippen LogP contribution in [0.3, 0.4) is 0 Å². The van der Waals surface area contributed by atoms with Gasteiger partial charge in [0, 0.05) is 6.20 Å². The second kappa shape index (κ2) is 9.48. The van der Waals surface area contributed by atoms with Crippen molar-refractivity contribution in [2.24, 2.45) is 5.92 Å². The average molecular weight is 343 g/mol. The van der Waals surface area contributed by atoms with E-state index in [0.29, 0.717) is 0 Å². The number of rotatable bonds is 8. The maximum Gasteiger partial charge on any atom is 0.326 e. The number of hydrogen-bond acceptors (Lipinski definition) is 4.